The van der Waals surface area contributed by atoms with Crippen molar-refractivity contribution < 1.29 is 19.2 Å². The summed E-state index contributed by atoms with van der Waals surface area (Å²) in [7, 11) is 0. The van der Waals surface area contributed by atoms with Crippen LogP contribution in [0, 0.1) is 10.1 Å². The highest BCUT2D eigenvalue weighted by molar-refractivity contribution is 9.10. The van der Waals surface area contributed by atoms with E-state index in [0.29, 0.717) is 11.5 Å². The molecule has 7 nitrogen and oxygen atoms in total. The van der Waals surface area contributed by atoms with Crippen LogP contribution in [0.4, 0.5) is 11.4 Å². The van der Waals surface area contributed by atoms with E-state index >= 15 is 0 Å². The molecule has 0 aliphatic carbocycles. The van der Waals surface area contributed by atoms with E-state index in [0.717, 1.165) is 9.37 Å². The van der Waals surface area contributed by atoms with Crippen LogP contribution >= 0.6 is 15.9 Å². The fraction of sp³-hybridized carbons (Fsp3) is 0. The second-order valence-corrected chi connectivity index (χ2v) is 6.90. The van der Waals surface area contributed by atoms with Gasteiger partial charge in [0.25, 0.3) is 17.5 Å². The molecule has 8 heteroatoms. The van der Waals surface area contributed by atoms with Crippen molar-refractivity contribution in [3.63, 3.8) is 0 Å². The van der Waals surface area contributed by atoms with E-state index in [1.165, 1.54) is 36.4 Å². The molecule has 0 N–H and O–H groups in total. The van der Waals surface area contributed by atoms with E-state index in [4.69, 9.17) is 4.74 Å². The average molecular weight is 439 g/mol. The number of anilines is 1. The lowest BCUT2D eigenvalue weighted by Gasteiger charge is -2.13. The van der Waals surface area contributed by atoms with Crippen molar-refractivity contribution in [3.8, 4) is 11.5 Å². The first kappa shape index (κ1) is 17.9. The summed E-state index contributed by atoms with van der Waals surface area (Å²) in [5.74, 6) is -0.101. The number of carbonyl (C=O) groups is 2. The van der Waals surface area contributed by atoms with Gasteiger partial charge in [-0.3, -0.25) is 19.7 Å². The van der Waals surface area contributed by atoms with E-state index in [-0.39, 0.29) is 22.5 Å². The monoisotopic (exact) mass is 438 g/mol. The van der Waals surface area contributed by atoms with Gasteiger partial charge in [0.1, 0.15) is 11.5 Å². The lowest BCUT2D eigenvalue weighted by Crippen LogP contribution is -2.29. The van der Waals surface area contributed by atoms with Crippen molar-refractivity contribution >= 4 is 39.1 Å². The minimum atomic E-state index is -0.578. The number of nitro benzene ring substituents is 1. The molecule has 1 aliphatic heterocycles. The number of imide groups is 1. The lowest BCUT2D eigenvalue weighted by molar-refractivity contribution is -0.384. The zero-order valence-corrected chi connectivity index (χ0v) is 15.8. The second kappa shape index (κ2) is 6.90. The molecule has 0 unspecified atom stereocenters. The number of non-ortho nitro benzene ring substituents is 1. The quantitative estimate of drug-likeness (QED) is 0.326. The van der Waals surface area contributed by atoms with Crippen molar-refractivity contribution in [3.05, 3.63) is 92.4 Å². The lowest BCUT2D eigenvalue weighted by atomic mass is 10.1. The molecule has 0 fully saturated rings. The topological polar surface area (TPSA) is 89.8 Å². The third-order valence-corrected chi connectivity index (χ3v) is 4.73. The van der Waals surface area contributed by atoms with Gasteiger partial charge in [0, 0.05) is 16.6 Å². The summed E-state index contributed by atoms with van der Waals surface area (Å²) in [6.45, 7) is 0. The number of rotatable bonds is 4. The predicted octanol–water partition coefficient (Wildman–Crippen LogP) is 4.95. The molecule has 0 saturated heterocycles. The summed E-state index contributed by atoms with van der Waals surface area (Å²) in [6, 6.07) is 17.2. The largest absolute Gasteiger partial charge is 0.457 e. The normalized spacial score (nSPS) is 12.8. The molecule has 0 radical (unpaired) electrons. The van der Waals surface area contributed by atoms with E-state index in [1.54, 1.807) is 18.2 Å². The zero-order chi connectivity index (χ0) is 19.8. The van der Waals surface area contributed by atoms with E-state index < -0.39 is 16.7 Å². The Bertz CT molecular complexity index is 1130. The van der Waals surface area contributed by atoms with E-state index in [9.17, 15) is 19.7 Å². The van der Waals surface area contributed by atoms with Crippen LogP contribution in [0.25, 0.3) is 0 Å². The SMILES string of the molecule is O=C1c2ccc(Oc3ccc(Br)cc3)cc2C(=O)N1c1cccc([N+](=O)[O-])c1. The molecule has 2 amide bonds. The van der Waals surface area contributed by atoms with Crippen molar-refractivity contribution in [2.45, 2.75) is 0 Å². The number of nitrogens with zero attached hydrogens (tertiary/aromatic N) is 2. The Balaban J connectivity index is 1.66. The Morgan fingerprint density at radius 3 is 2.25 bits per heavy atom. The number of hydrogen-bond acceptors (Lipinski definition) is 5. The molecule has 1 heterocycles. The fourth-order valence-electron chi connectivity index (χ4n) is 2.90. The number of nitro groups is 1. The summed E-state index contributed by atoms with van der Waals surface area (Å²) in [5.41, 5.74) is 0.356. The molecular weight excluding hydrogens is 428 g/mol. The summed E-state index contributed by atoms with van der Waals surface area (Å²) >= 11 is 3.34. The van der Waals surface area contributed by atoms with Crippen LogP contribution in [0.2, 0.25) is 0 Å². The molecule has 0 spiro atoms. The number of amides is 2. The van der Waals surface area contributed by atoms with E-state index in [1.807, 2.05) is 12.1 Å². The minimum Gasteiger partial charge on any atom is -0.457 e. The van der Waals surface area contributed by atoms with Gasteiger partial charge in [-0.25, -0.2) is 4.90 Å². The molecular formula is C20H11BrN2O5. The first-order chi connectivity index (χ1) is 13.4. The standard InChI is InChI=1S/C20H11BrN2O5/c21-12-4-6-15(7-5-12)28-16-8-9-17-18(11-16)20(25)22(19(17)24)13-2-1-3-14(10-13)23(26)27/h1-11H. The van der Waals surface area contributed by atoms with Crippen molar-refractivity contribution in [2.75, 3.05) is 4.90 Å². The van der Waals surface area contributed by atoms with Crippen LogP contribution in [0.15, 0.2) is 71.2 Å². The highest BCUT2D eigenvalue weighted by Crippen LogP contribution is 2.33. The summed E-state index contributed by atoms with van der Waals surface area (Å²) in [4.78, 5) is 36.8. The highest BCUT2D eigenvalue weighted by Gasteiger charge is 2.37. The van der Waals surface area contributed by atoms with Gasteiger partial charge in [-0.05, 0) is 48.5 Å². The average Bonchev–Trinajstić information content (AvgIpc) is 2.94. The fourth-order valence-corrected chi connectivity index (χ4v) is 3.17. The molecule has 0 aromatic heterocycles. The number of benzene rings is 3. The maximum absolute atomic E-state index is 12.8. The first-order valence-corrected chi connectivity index (χ1v) is 8.94. The Morgan fingerprint density at radius 1 is 0.857 bits per heavy atom. The van der Waals surface area contributed by atoms with Gasteiger partial charge in [-0.2, -0.15) is 0 Å². The molecule has 1 aliphatic rings. The molecule has 138 valence electrons. The molecule has 0 saturated carbocycles. The minimum absolute atomic E-state index is 0.149. The van der Waals surface area contributed by atoms with Crippen LogP contribution < -0.4 is 9.64 Å². The van der Waals surface area contributed by atoms with Crippen LogP contribution in [-0.2, 0) is 0 Å². The molecule has 4 rings (SSSR count). The second-order valence-electron chi connectivity index (χ2n) is 5.99. The maximum atomic E-state index is 12.8. The Hall–Kier alpha value is -3.52. The van der Waals surface area contributed by atoms with Crippen molar-refractivity contribution in [1.29, 1.82) is 0 Å². The zero-order valence-electron chi connectivity index (χ0n) is 14.2. The Labute approximate surface area is 167 Å². The van der Waals surface area contributed by atoms with Crippen molar-refractivity contribution in [1.82, 2.24) is 0 Å². The number of hydrogen-bond donors (Lipinski definition) is 0. The molecule has 3 aromatic rings. The molecule has 0 bridgehead atoms. The summed E-state index contributed by atoms with van der Waals surface area (Å²) in [6.07, 6.45) is 0. The van der Waals surface area contributed by atoms with Gasteiger partial charge in [-0.15, -0.1) is 0 Å². The van der Waals surface area contributed by atoms with Gasteiger partial charge < -0.3 is 4.74 Å². The molecule has 0 atom stereocenters. The van der Waals surface area contributed by atoms with Gasteiger partial charge >= 0.3 is 0 Å². The number of halogens is 1. The highest BCUT2D eigenvalue weighted by atomic mass is 79.9. The van der Waals surface area contributed by atoms with Gasteiger partial charge in [0.2, 0.25) is 0 Å². The number of ether oxygens (including phenoxy) is 1. The maximum Gasteiger partial charge on any atom is 0.271 e. The van der Waals surface area contributed by atoms with Gasteiger partial charge in [0.05, 0.1) is 21.7 Å². The van der Waals surface area contributed by atoms with Crippen LogP contribution in [0.5, 0.6) is 11.5 Å². The Kier molecular flexibility index (Phi) is 4.40. The molecule has 28 heavy (non-hydrogen) atoms. The van der Waals surface area contributed by atoms with Gasteiger partial charge in [-0.1, -0.05) is 22.0 Å². The van der Waals surface area contributed by atoms with Crippen LogP contribution in [0.3, 0.4) is 0 Å². The van der Waals surface area contributed by atoms with Crippen molar-refractivity contribution in [2.24, 2.45) is 0 Å². The third-order valence-electron chi connectivity index (χ3n) is 4.21. The van der Waals surface area contributed by atoms with Crippen LogP contribution in [-0.4, -0.2) is 16.7 Å². The number of carbonyl (C=O) groups excluding carboxylic acids is 2. The smallest absolute Gasteiger partial charge is 0.271 e. The Morgan fingerprint density at radius 2 is 1.54 bits per heavy atom. The summed E-state index contributed by atoms with van der Waals surface area (Å²) < 4.78 is 6.65. The first-order valence-electron chi connectivity index (χ1n) is 8.15. The third kappa shape index (κ3) is 3.14. The van der Waals surface area contributed by atoms with Crippen LogP contribution in [0.1, 0.15) is 20.7 Å². The predicted molar refractivity (Wildman–Crippen MR) is 105 cm³/mol. The van der Waals surface area contributed by atoms with E-state index in [2.05, 4.69) is 15.9 Å². The summed E-state index contributed by atoms with van der Waals surface area (Å²) in [5, 5.41) is 11.0. The number of fused-ring (bicyclic) bond motifs is 1. The van der Waals surface area contributed by atoms with Gasteiger partial charge in [0.15, 0.2) is 0 Å². The molecule has 3 aromatic carbocycles.